The van der Waals surface area contributed by atoms with Gasteiger partial charge in [0.25, 0.3) is 0 Å². The number of halogens is 2. The summed E-state index contributed by atoms with van der Waals surface area (Å²) < 4.78 is 5.17. The standard InChI is InChI=1S/C13H11Cl2NO/c1-17-9-3-5-13(16)10(7-9)8-2-4-11(14)12(15)6-8/h2-7H,16H2,1H3. The van der Waals surface area contributed by atoms with E-state index < -0.39 is 0 Å². The van der Waals surface area contributed by atoms with Gasteiger partial charge < -0.3 is 10.5 Å². The molecule has 88 valence electrons. The summed E-state index contributed by atoms with van der Waals surface area (Å²) >= 11 is 11.9. The Morgan fingerprint density at radius 3 is 2.41 bits per heavy atom. The maximum Gasteiger partial charge on any atom is 0.119 e. The van der Waals surface area contributed by atoms with E-state index >= 15 is 0 Å². The van der Waals surface area contributed by atoms with Gasteiger partial charge in [0.1, 0.15) is 5.75 Å². The molecule has 0 heterocycles. The first-order chi connectivity index (χ1) is 8.11. The van der Waals surface area contributed by atoms with Crippen LogP contribution >= 0.6 is 23.2 Å². The third-order valence-electron chi connectivity index (χ3n) is 2.49. The Balaban J connectivity index is 2.55. The van der Waals surface area contributed by atoms with Crippen LogP contribution in [-0.4, -0.2) is 7.11 Å². The van der Waals surface area contributed by atoms with Crippen LogP contribution in [0.25, 0.3) is 11.1 Å². The first-order valence-corrected chi connectivity index (χ1v) is 5.76. The zero-order chi connectivity index (χ0) is 12.4. The molecule has 0 aromatic heterocycles. The minimum absolute atomic E-state index is 0.506. The predicted octanol–water partition coefficient (Wildman–Crippen LogP) is 4.25. The molecule has 0 radical (unpaired) electrons. The van der Waals surface area contributed by atoms with Crippen molar-refractivity contribution in [1.82, 2.24) is 0 Å². The Labute approximate surface area is 110 Å². The summed E-state index contributed by atoms with van der Waals surface area (Å²) in [6, 6.07) is 10.9. The van der Waals surface area contributed by atoms with E-state index in [2.05, 4.69) is 0 Å². The lowest BCUT2D eigenvalue weighted by molar-refractivity contribution is 0.415. The summed E-state index contributed by atoms with van der Waals surface area (Å²) in [5, 5.41) is 1.03. The minimum atomic E-state index is 0.506. The smallest absolute Gasteiger partial charge is 0.119 e. The molecule has 4 heteroatoms. The van der Waals surface area contributed by atoms with Crippen LogP contribution in [0.3, 0.4) is 0 Å². The maximum absolute atomic E-state index is 5.99. The molecule has 0 unspecified atom stereocenters. The molecule has 0 saturated heterocycles. The van der Waals surface area contributed by atoms with Gasteiger partial charge in [0.05, 0.1) is 17.2 Å². The van der Waals surface area contributed by atoms with Gasteiger partial charge >= 0.3 is 0 Å². The Morgan fingerprint density at radius 2 is 1.76 bits per heavy atom. The molecule has 0 bridgehead atoms. The van der Waals surface area contributed by atoms with Crippen LogP contribution in [0.1, 0.15) is 0 Å². The van der Waals surface area contributed by atoms with E-state index in [9.17, 15) is 0 Å². The van der Waals surface area contributed by atoms with Gasteiger partial charge in [-0.05, 0) is 35.9 Å². The summed E-state index contributed by atoms with van der Waals surface area (Å²) in [7, 11) is 1.62. The minimum Gasteiger partial charge on any atom is -0.497 e. The van der Waals surface area contributed by atoms with Gasteiger partial charge in [-0.1, -0.05) is 29.3 Å². The highest BCUT2D eigenvalue weighted by Gasteiger charge is 2.06. The van der Waals surface area contributed by atoms with E-state index in [4.69, 9.17) is 33.7 Å². The van der Waals surface area contributed by atoms with E-state index in [1.54, 1.807) is 25.3 Å². The number of hydrogen-bond acceptors (Lipinski definition) is 2. The highest BCUT2D eigenvalue weighted by Crippen LogP contribution is 2.33. The molecule has 17 heavy (non-hydrogen) atoms. The van der Waals surface area contributed by atoms with Crippen LogP contribution < -0.4 is 10.5 Å². The summed E-state index contributed by atoms with van der Waals surface area (Å²) in [4.78, 5) is 0. The number of rotatable bonds is 2. The van der Waals surface area contributed by atoms with Crippen LogP contribution in [-0.2, 0) is 0 Å². The van der Waals surface area contributed by atoms with Gasteiger partial charge in [0.15, 0.2) is 0 Å². The quantitative estimate of drug-likeness (QED) is 0.826. The van der Waals surface area contributed by atoms with Crippen molar-refractivity contribution in [3.8, 4) is 16.9 Å². The SMILES string of the molecule is COc1ccc(N)c(-c2ccc(Cl)c(Cl)c2)c1. The predicted molar refractivity (Wildman–Crippen MR) is 72.9 cm³/mol. The summed E-state index contributed by atoms with van der Waals surface area (Å²) in [5.41, 5.74) is 8.39. The fraction of sp³-hybridized carbons (Fsp3) is 0.0769. The van der Waals surface area contributed by atoms with E-state index in [1.807, 2.05) is 18.2 Å². The van der Waals surface area contributed by atoms with Gasteiger partial charge in [-0.3, -0.25) is 0 Å². The van der Waals surface area contributed by atoms with Crippen molar-refractivity contribution in [2.45, 2.75) is 0 Å². The lowest BCUT2D eigenvalue weighted by atomic mass is 10.0. The van der Waals surface area contributed by atoms with E-state index in [1.165, 1.54) is 0 Å². The van der Waals surface area contributed by atoms with Gasteiger partial charge in [0, 0.05) is 11.3 Å². The third kappa shape index (κ3) is 2.48. The van der Waals surface area contributed by atoms with Crippen molar-refractivity contribution in [3.05, 3.63) is 46.4 Å². The largest absolute Gasteiger partial charge is 0.497 e. The topological polar surface area (TPSA) is 35.2 Å². The molecule has 2 aromatic rings. The molecule has 0 aliphatic rings. The number of methoxy groups -OCH3 is 1. The second kappa shape index (κ2) is 4.86. The van der Waals surface area contributed by atoms with Crippen molar-refractivity contribution in [3.63, 3.8) is 0 Å². The normalized spacial score (nSPS) is 10.3. The summed E-state index contributed by atoms with van der Waals surface area (Å²) in [6.45, 7) is 0. The Kier molecular flexibility index (Phi) is 3.46. The van der Waals surface area contributed by atoms with Gasteiger partial charge in [-0.15, -0.1) is 0 Å². The molecule has 0 spiro atoms. The van der Waals surface area contributed by atoms with Gasteiger partial charge in [-0.2, -0.15) is 0 Å². The molecule has 2 aromatic carbocycles. The van der Waals surface area contributed by atoms with Crippen LogP contribution in [0.4, 0.5) is 5.69 Å². The number of hydrogen-bond donors (Lipinski definition) is 1. The van der Waals surface area contributed by atoms with Crippen LogP contribution in [0.15, 0.2) is 36.4 Å². The average Bonchev–Trinajstić information content (AvgIpc) is 2.33. The summed E-state index contributed by atoms with van der Waals surface area (Å²) in [6.07, 6.45) is 0. The van der Waals surface area contributed by atoms with E-state index in [-0.39, 0.29) is 0 Å². The Bertz CT molecular complexity index is 555. The van der Waals surface area contributed by atoms with Crippen LogP contribution in [0, 0.1) is 0 Å². The maximum atomic E-state index is 5.99. The van der Waals surface area contributed by atoms with Gasteiger partial charge in [-0.25, -0.2) is 0 Å². The molecule has 2 N–H and O–H groups in total. The van der Waals surface area contributed by atoms with Crippen molar-refractivity contribution in [2.75, 3.05) is 12.8 Å². The monoisotopic (exact) mass is 267 g/mol. The fourth-order valence-electron chi connectivity index (χ4n) is 1.58. The molecule has 2 rings (SSSR count). The zero-order valence-electron chi connectivity index (χ0n) is 9.21. The molecule has 0 saturated carbocycles. The number of nitrogen functional groups attached to an aromatic ring is 1. The van der Waals surface area contributed by atoms with Crippen molar-refractivity contribution in [2.24, 2.45) is 0 Å². The second-order valence-corrected chi connectivity index (χ2v) is 4.40. The molecule has 2 nitrogen and oxygen atoms in total. The number of ether oxygens (including phenoxy) is 1. The molecule has 0 amide bonds. The van der Waals surface area contributed by atoms with Crippen LogP contribution in [0.2, 0.25) is 10.0 Å². The van der Waals surface area contributed by atoms with E-state index in [0.717, 1.165) is 16.9 Å². The third-order valence-corrected chi connectivity index (χ3v) is 3.23. The molecule has 0 aliphatic carbocycles. The first-order valence-electron chi connectivity index (χ1n) is 5.01. The molecular formula is C13H11Cl2NO. The molecular weight excluding hydrogens is 257 g/mol. The second-order valence-electron chi connectivity index (χ2n) is 3.58. The van der Waals surface area contributed by atoms with Crippen molar-refractivity contribution >= 4 is 28.9 Å². The highest BCUT2D eigenvalue weighted by atomic mass is 35.5. The first kappa shape index (κ1) is 12.1. The lowest BCUT2D eigenvalue weighted by Gasteiger charge is -2.09. The molecule has 0 atom stereocenters. The summed E-state index contributed by atoms with van der Waals surface area (Å²) in [5.74, 6) is 0.750. The Morgan fingerprint density at radius 1 is 1.00 bits per heavy atom. The number of anilines is 1. The number of nitrogens with two attached hydrogens (primary N) is 1. The highest BCUT2D eigenvalue weighted by molar-refractivity contribution is 6.42. The lowest BCUT2D eigenvalue weighted by Crippen LogP contribution is -1.92. The van der Waals surface area contributed by atoms with Gasteiger partial charge in [0.2, 0.25) is 0 Å². The molecule has 0 aliphatic heterocycles. The average molecular weight is 268 g/mol. The number of benzene rings is 2. The zero-order valence-corrected chi connectivity index (χ0v) is 10.7. The van der Waals surface area contributed by atoms with Crippen molar-refractivity contribution in [1.29, 1.82) is 0 Å². The fourth-order valence-corrected chi connectivity index (χ4v) is 1.87. The van der Waals surface area contributed by atoms with Crippen molar-refractivity contribution < 1.29 is 4.74 Å². The molecule has 0 fully saturated rings. The Hall–Kier alpha value is -1.38. The van der Waals surface area contributed by atoms with E-state index in [0.29, 0.717) is 15.7 Å². The van der Waals surface area contributed by atoms with Crippen LogP contribution in [0.5, 0.6) is 5.75 Å².